The van der Waals surface area contributed by atoms with Crippen molar-refractivity contribution < 1.29 is 18.7 Å². The van der Waals surface area contributed by atoms with Crippen molar-refractivity contribution >= 4 is 17.5 Å². The summed E-state index contributed by atoms with van der Waals surface area (Å²) in [6, 6.07) is 16.9. The number of halogens is 1. The lowest BCUT2D eigenvalue weighted by Crippen LogP contribution is -2.28. The molecule has 1 aliphatic heterocycles. The summed E-state index contributed by atoms with van der Waals surface area (Å²) in [5.41, 5.74) is 10.5. The molecule has 45 heavy (non-hydrogen) atoms. The Morgan fingerprint density at radius 1 is 1.04 bits per heavy atom. The topological polar surface area (TPSA) is 151 Å². The fourth-order valence-electron chi connectivity index (χ4n) is 4.36. The minimum absolute atomic E-state index is 0.241. The van der Waals surface area contributed by atoms with Crippen LogP contribution >= 0.6 is 0 Å². The highest BCUT2D eigenvalue weighted by Crippen LogP contribution is 2.22. The Morgan fingerprint density at radius 3 is 2.31 bits per heavy atom. The maximum absolute atomic E-state index is 13.3. The van der Waals surface area contributed by atoms with Gasteiger partial charge in [0.1, 0.15) is 23.5 Å². The van der Waals surface area contributed by atoms with E-state index in [0.29, 0.717) is 24.7 Å². The standard InChI is InChI=1S/C29H29FN8O.C4H8O2/c1-18(21-8-10-23(30)11-9-21)36-29(39)24-12-20(13-31)15-35-28(24)34-14-19-4-6-22(7-5-19)25-16-33-27(32)26(37-25)17-38(2)3;1-2-6-4-3-5-1/h4-12,15-16,18H,14,17H2,1-3H3,(H2,32,33)(H,34,35)(H,36,39);1-4H2/t18-;/m0./s1. The third kappa shape index (κ3) is 9.77. The van der Waals surface area contributed by atoms with Gasteiger partial charge in [0.05, 0.1) is 61.2 Å². The van der Waals surface area contributed by atoms with Crippen LogP contribution in [0.4, 0.5) is 16.0 Å². The molecule has 1 atom stereocenters. The van der Waals surface area contributed by atoms with Crippen LogP contribution in [0.25, 0.3) is 11.3 Å². The predicted octanol–water partition coefficient (Wildman–Crippen LogP) is 4.33. The van der Waals surface area contributed by atoms with Crippen molar-refractivity contribution in [2.75, 3.05) is 51.6 Å². The van der Waals surface area contributed by atoms with Gasteiger partial charge in [-0.2, -0.15) is 5.26 Å². The summed E-state index contributed by atoms with van der Waals surface area (Å²) in [7, 11) is 3.89. The fraction of sp³-hybridized carbons (Fsp3) is 0.303. The molecule has 2 aromatic heterocycles. The number of nitrogen functional groups attached to an aromatic ring is 1. The van der Waals surface area contributed by atoms with Crippen molar-refractivity contribution in [1.29, 1.82) is 5.26 Å². The number of nitrogens with zero attached hydrogens (tertiary/aromatic N) is 5. The second kappa shape index (κ2) is 16.2. The molecule has 4 aromatic rings. The van der Waals surface area contributed by atoms with Crippen LogP contribution in [-0.2, 0) is 22.6 Å². The molecule has 0 bridgehead atoms. The second-order valence-electron chi connectivity index (χ2n) is 10.6. The number of pyridine rings is 1. The van der Waals surface area contributed by atoms with Crippen molar-refractivity contribution in [1.82, 2.24) is 25.2 Å². The quantitative estimate of drug-likeness (QED) is 0.249. The van der Waals surface area contributed by atoms with Crippen molar-refractivity contribution in [3.05, 3.63) is 101 Å². The Bertz CT molecular complexity index is 1590. The maximum Gasteiger partial charge on any atom is 0.255 e. The lowest BCUT2D eigenvalue weighted by Gasteiger charge is -2.16. The normalized spacial score (nSPS) is 13.2. The Labute approximate surface area is 262 Å². The predicted molar refractivity (Wildman–Crippen MR) is 169 cm³/mol. The zero-order valence-electron chi connectivity index (χ0n) is 25.6. The van der Waals surface area contributed by atoms with E-state index in [-0.39, 0.29) is 23.0 Å². The van der Waals surface area contributed by atoms with Crippen molar-refractivity contribution in [3.63, 3.8) is 0 Å². The van der Waals surface area contributed by atoms with Gasteiger partial charge < -0.3 is 30.7 Å². The summed E-state index contributed by atoms with van der Waals surface area (Å²) in [5.74, 6) is 0.0117. The van der Waals surface area contributed by atoms with Gasteiger partial charge in [-0.25, -0.2) is 19.3 Å². The van der Waals surface area contributed by atoms with E-state index >= 15 is 0 Å². The summed E-state index contributed by atoms with van der Waals surface area (Å²) in [6.45, 7) is 5.90. The number of hydrogen-bond donors (Lipinski definition) is 3. The van der Waals surface area contributed by atoms with Gasteiger partial charge in [0.25, 0.3) is 5.91 Å². The zero-order chi connectivity index (χ0) is 32.2. The van der Waals surface area contributed by atoms with E-state index in [0.717, 1.165) is 54.5 Å². The average Bonchev–Trinajstić information content (AvgIpc) is 3.06. The summed E-state index contributed by atoms with van der Waals surface area (Å²) < 4.78 is 23.2. The molecule has 0 unspecified atom stereocenters. The van der Waals surface area contributed by atoms with E-state index < -0.39 is 5.91 Å². The Balaban J connectivity index is 0.000000687. The molecule has 0 radical (unpaired) electrons. The molecule has 0 saturated carbocycles. The minimum Gasteiger partial charge on any atom is -0.382 e. The van der Waals surface area contributed by atoms with Crippen molar-refractivity contribution in [3.8, 4) is 17.3 Å². The molecule has 12 heteroatoms. The van der Waals surface area contributed by atoms with Crippen molar-refractivity contribution in [2.45, 2.75) is 26.1 Å². The molecule has 0 spiro atoms. The fourth-order valence-corrected chi connectivity index (χ4v) is 4.36. The number of aromatic nitrogens is 3. The van der Waals surface area contributed by atoms with Gasteiger partial charge in [0.2, 0.25) is 0 Å². The SMILES string of the molecule is C1COCCO1.C[C@H](NC(=O)c1cc(C#N)cnc1NCc1ccc(-c2cnc(N)c(CN(C)C)n2)cc1)c1ccc(F)cc1. The van der Waals surface area contributed by atoms with Gasteiger partial charge >= 0.3 is 0 Å². The molecular weight excluding hydrogens is 575 g/mol. The van der Waals surface area contributed by atoms with Crippen LogP contribution in [0, 0.1) is 17.1 Å². The van der Waals surface area contributed by atoms with Crippen molar-refractivity contribution in [2.24, 2.45) is 0 Å². The van der Waals surface area contributed by atoms with Gasteiger partial charge in [-0.3, -0.25) is 4.79 Å². The Kier molecular flexibility index (Phi) is 11.9. The first-order valence-corrected chi connectivity index (χ1v) is 14.4. The number of ether oxygens (including phenoxy) is 2. The summed E-state index contributed by atoms with van der Waals surface area (Å²) in [5, 5.41) is 15.4. The monoisotopic (exact) mass is 612 g/mol. The molecule has 1 aliphatic rings. The van der Waals surface area contributed by atoms with E-state index in [9.17, 15) is 14.4 Å². The number of nitrogens with one attached hydrogen (secondary N) is 2. The highest BCUT2D eigenvalue weighted by atomic mass is 19.1. The lowest BCUT2D eigenvalue weighted by atomic mass is 10.1. The first-order valence-electron chi connectivity index (χ1n) is 14.4. The number of carbonyl (C=O) groups excluding carboxylic acids is 1. The van der Waals surface area contributed by atoms with E-state index in [1.807, 2.05) is 49.3 Å². The average molecular weight is 613 g/mol. The van der Waals surface area contributed by atoms with Gasteiger partial charge in [0.15, 0.2) is 0 Å². The summed E-state index contributed by atoms with van der Waals surface area (Å²) >= 11 is 0. The number of carbonyl (C=O) groups is 1. The number of anilines is 2. The number of nitrogens with two attached hydrogens (primary N) is 1. The first-order chi connectivity index (χ1) is 21.7. The molecular formula is C33H37FN8O3. The summed E-state index contributed by atoms with van der Waals surface area (Å²) in [4.78, 5) is 28.3. The largest absolute Gasteiger partial charge is 0.382 e. The van der Waals surface area contributed by atoms with Gasteiger partial charge in [-0.05, 0) is 50.3 Å². The lowest BCUT2D eigenvalue weighted by molar-refractivity contribution is -0.0334. The molecule has 11 nitrogen and oxygen atoms in total. The number of nitriles is 1. The van der Waals surface area contributed by atoms with E-state index in [1.165, 1.54) is 24.4 Å². The Morgan fingerprint density at radius 2 is 1.71 bits per heavy atom. The molecule has 5 rings (SSSR count). The molecule has 0 aliphatic carbocycles. The van der Waals surface area contributed by atoms with Gasteiger partial charge in [-0.15, -0.1) is 0 Å². The molecule has 3 heterocycles. The van der Waals surface area contributed by atoms with E-state index in [2.05, 4.69) is 25.6 Å². The molecule has 4 N–H and O–H groups in total. The van der Waals surface area contributed by atoms with E-state index in [1.54, 1.807) is 25.3 Å². The number of amides is 1. The molecule has 1 saturated heterocycles. The molecule has 2 aromatic carbocycles. The Hall–Kier alpha value is -4.96. The minimum atomic E-state index is -0.398. The third-order valence-electron chi connectivity index (χ3n) is 6.78. The molecule has 1 amide bonds. The number of hydrogen-bond acceptors (Lipinski definition) is 10. The third-order valence-corrected chi connectivity index (χ3v) is 6.78. The highest BCUT2D eigenvalue weighted by Gasteiger charge is 2.17. The highest BCUT2D eigenvalue weighted by molar-refractivity contribution is 5.99. The number of rotatable bonds is 9. The van der Waals surface area contributed by atoms with Crippen LogP contribution in [0.1, 0.15) is 45.7 Å². The van der Waals surface area contributed by atoms with Gasteiger partial charge in [0, 0.05) is 24.8 Å². The van der Waals surface area contributed by atoms with Crippen LogP contribution in [0.3, 0.4) is 0 Å². The molecule has 1 fully saturated rings. The summed E-state index contributed by atoms with van der Waals surface area (Å²) in [6.07, 6.45) is 3.07. The van der Waals surface area contributed by atoms with Gasteiger partial charge in [-0.1, -0.05) is 36.4 Å². The van der Waals surface area contributed by atoms with Crippen LogP contribution < -0.4 is 16.4 Å². The van der Waals surface area contributed by atoms with Crippen LogP contribution in [0.5, 0.6) is 0 Å². The molecule has 234 valence electrons. The first kappa shape index (κ1) is 32.9. The zero-order valence-corrected chi connectivity index (χ0v) is 25.6. The van der Waals surface area contributed by atoms with Crippen LogP contribution in [0.2, 0.25) is 0 Å². The second-order valence-corrected chi connectivity index (χ2v) is 10.6. The van der Waals surface area contributed by atoms with Crippen LogP contribution in [-0.4, -0.2) is 66.3 Å². The number of benzene rings is 2. The maximum atomic E-state index is 13.3. The van der Waals surface area contributed by atoms with E-state index in [4.69, 9.17) is 15.2 Å². The smallest absolute Gasteiger partial charge is 0.255 e. The van der Waals surface area contributed by atoms with Crippen LogP contribution in [0.15, 0.2) is 67.0 Å².